The highest BCUT2D eigenvalue weighted by atomic mass is 32.2. The maximum Gasteiger partial charge on any atom is 0.287 e. The third kappa shape index (κ3) is 3.07. The fourth-order valence-corrected chi connectivity index (χ4v) is 2.48. The van der Waals surface area contributed by atoms with E-state index in [1.807, 2.05) is 18.4 Å². The van der Waals surface area contributed by atoms with E-state index in [4.69, 9.17) is 4.42 Å². The Bertz CT molecular complexity index is 601. The number of nitrogens with zero attached hydrogens (tertiary/aromatic N) is 1. The number of amides is 1. The zero-order chi connectivity index (χ0) is 13.9. The van der Waals surface area contributed by atoms with Crippen molar-refractivity contribution in [2.45, 2.75) is 31.1 Å². The van der Waals surface area contributed by atoms with Crippen LogP contribution in [0.15, 0.2) is 22.6 Å². The van der Waals surface area contributed by atoms with Gasteiger partial charge in [0.1, 0.15) is 5.76 Å². The molecule has 3 rings (SSSR count). The van der Waals surface area contributed by atoms with Gasteiger partial charge in [0.25, 0.3) is 5.91 Å². The van der Waals surface area contributed by atoms with Gasteiger partial charge in [0.2, 0.25) is 0 Å². The van der Waals surface area contributed by atoms with Crippen LogP contribution in [0.3, 0.4) is 0 Å². The molecule has 106 valence electrons. The summed E-state index contributed by atoms with van der Waals surface area (Å²) in [6, 6.07) is 5.58. The number of hydrogen-bond donors (Lipinski definition) is 2. The Kier molecular flexibility index (Phi) is 3.82. The Hall–Kier alpha value is -1.69. The van der Waals surface area contributed by atoms with Crippen LogP contribution in [0.5, 0.6) is 0 Å². The average molecular weight is 291 g/mol. The Morgan fingerprint density at radius 1 is 1.55 bits per heavy atom. The molecule has 0 aromatic carbocycles. The molecule has 0 unspecified atom stereocenters. The number of H-pyrrole nitrogens is 1. The topological polar surface area (TPSA) is 70.9 Å². The Labute approximate surface area is 121 Å². The molecule has 1 saturated carbocycles. The molecule has 2 heterocycles. The van der Waals surface area contributed by atoms with E-state index in [9.17, 15) is 4.79 Å². The largest absolute Gasteiger partial charge is 0.455 e. The van der Waals surface area contributed by atoms with Gasteiger partial charge in [0.15, 0.2) is 5.76 Å². The molecule has 2 N–H and O–H groups in total. The van der Waals surface area contributed by atoms with Crippen molar-refractivity contribution in [1.82, 2.24) is 15.5 Å². The second-order valence-electron chi connectivity index (χ2n) is 4.97. The molecule has 0 bridgehead atoms. The lowest BCUT2D eigenvalue weighted by Gasteiger charge is -2.00. The number of rotatable bonds is 6. The quantitative estimate of drug-likeness (QED) is 0.858. The number of thioether (sulfide) groups is 1. The Balaban J connectivity index is 1.54. The number of carbonyl (C=O) groups excluding carboxylic acids is 1. The van der Waals surface area contributed by atoms with Crippen molar-refractivity contribution in [2.75, 3.05) is 6.26 Å². The van der Waals surface area contributed by atoms with Crippen LogP contribution in [0.4, 0.5) is 0 Å². The SMILES string of the molecule is CSCc1ccc(C(=O)NCc2cc(C3CC3)n[nH]2)o1. The van der Waals surface area contributed by atoms with E-state index in [0.29, 0.717) is 18.2 Å². The van der Waals surface area contributed by atoms with Crippen LogP contribution < -0.4 is 5.32 Å². The van der Waals surface area contributed by atoms with Crippen LogP contribution in [0.25, 0.3) is 0 Å². The molecule has 2 aromatic rings. The van der Waals surface area contributed by atoms with Crippen molar-refractivity contribution >= 4 is 17.7 Å². The molecule has 1 aliphatic carbocycles. The van der Waals surface area contributed by atoms with Crippen molar-refractivity contribution in [3.05, 3.63) is 41.1 Å². The number of furan rings is 1. The van der Waals surface area contributed by atoms with Gasteiger partial charge >= 0.3 is 0 Å². The van der Waals surface area contributed by atoms with Crippen molar-refractivity contribution in [2.24, 2.45) is 0 Å². The van der Waals surface area contributed by atoms with E-state index in [2.05, 4.69) is 15.5 Å². The Morgan fingerprint density at radius 2 is 2.40 bits per heavy atom. The van der Waals surface area contributed by atoms with Crippen molar-refractivity contribution < 1.29 is 9.21 Å². The molecule has 5 nitrogen and oxygen atoms in total. The van der Waals surface area contributed by atoms with E-state index in [0.717, 1.165) is 22.9 Å². The molecular weight excluding hydrogens is 274 g/mol. The second-order valence-corrected chi connectivity index (χ2v) is 5.84. The molecule has 0 radical (unpaired) electrons. The van der Waals surface area contributed by atoms with Gasteiger partial charge in [0, 0.05) is 5.92 Å². The smallest absolute Gasteiger partial charge is 0.287 e. The number of hydrogen-bond acceptors (Lipinski definition) is 4. The first-order chi connectivity index (χ1) is 9.76. The lowest BCUT2D eigenvalue weighted by molar-refractivity contribution is 0.0921. The molecule has 6 heteroatoms. The molecule has 2 aromatic heterocycles. The average Bonchev–Trinajstić information content (AvgIpc) is 3.01. The summed E-state index contributed by atoms with van der Waals surface area (Å²) < 4.78 is 5.47. The molecule has 0 aliphatic heterocycles. The van der Waals surface area contributed by atoms with Gasteiger partial charge in [-0.3, -0.25) is 9.89 Å². The monoisotopic (exact) mass is 291 g/mol. The molecule has 1 amide bonds. The highest BCUT2D eigenvalue weighted by molar-refractivity contribution is 7.97. The van der Waals surface area contributed by atoms with Crippen molar-refractivity contribution in [1.29, 1.82) is 0 Å². The molecule has 20 heavy (non-hydrogen) atoms. The zero-order valence-corrected chi connectivity index (χ0v) is 12.1. The first-order valence-electron chi connectivity index (χ1n) is 6.66. The fraction of sp³-hybridized carbons (Fsp3) is 0.429. The molecule has 0 saturated heterocycles. The number of nitrogens with one attached hydrogen (secondary N) is 2. The molecular formula is C14H17N3O2S. The summed E-state index contributed by atoms with van der Waals surface area (Å²) in [6.07, 6.45) is 4.44. The van der Waals surface area contributed by atoms with Crippen LogP contribution in [-0.2, 0) is 12.3 Å². The fourth-order valence-electron chi connectivity index (χ4n) is 2.04. The maximum atomic E-state index is 11.9. The van der Waals surface area contributed by atoms with E-state index in [-0.39, 0.29) is 5.91 Å². The summed E-state index contributed by atoms with van der Waals surface area (Å²) in [5.74, 6) is 2.38. The lowest BCUT2D eigenvalue weighted by atomic mass is 10.2. The normalized spacial score (nSPS) is 14.4. The predicted octanol–water partition coefficient (Wildman–Crippen LogP) is 2.67. The van der Waals surface area contributed by atoms with Crippen molar-refractivity contribution in [3.63, 3.8) is 0 Å². The lowest BCUT2D eigenvalue weighted by Crippen LogP contribution is -2.22. The van der Waals surface area contributed by atoms with Crippen LogP contribution in [0.2, 0.25) is 0 Å². The summed E-state index contributed by atoms with van der Waals surface area (Å²) in [6.45, 7) is 0.442. The second kappa shape index (κ2) is 5.75. The molecule has 0 spiro atoms. The van der Waals surface area contributed by atoms with E-state index in [1.165, 1.54) is 12.8 Å². The van der Waals surface area contributed by atoms with E-state index in [1.54, 1.807) is 17.8 Å². The minimum atomic E-state index is -0.195. The van der Waals surface area contributed by atoms with Crippen LogP contribution in [-0.4, -0.2) is 22.4 Å². The van der Waals surface area contributed by atoms with Gasteiger partial charge in [0.05, 0.1) is 23.7 Å². The van der Waals surface area contributed by atoms with Crippen LogP contribution in [0, 0.1) is 0 Å². The Morgan fingerprint density at radius 3 is 3.15 bits per heavy atom. The highest BCUT2D eigenvalue weighted by Gasteiger charge is 2.26. The molecule has 1 fully saturated rings. The number of aromatic amines is 1. The zero-order valence-electron chi connectivity index (χ0n) is 11.3. The number of carbonyl (C=O) groups is 1. The summed E-state index contributed by atoms with van der Waals surface area (Å²) >= 11 is 1.66. The molecule has 0 atom stereocenters. The predicted molar refractivity (Wildman–Crippen MR) is 77.7 cm³/mol. The first-order valence-corrected chi connectivity index (χ1v) is 8.05. The molecule has 1 aliphatic rings. The van der Waals surface area contributed by atoms with Crippen LogP contribution in [0.1, 0.15) is 46.5 Å². The minimum Gasteiger partial charge on any atom is -0.455 e. The van der Waals surface area contributed by atoms with Gasteiger partial charge in [-0.2, -0.15) is 16.9 Å². The summed E-state index contributed by atoms with van der Waals surface area (Å²) in [5.41, 5.74) is 2.03. The van der Waals surface area contributed by atoms with Crippen molar-refractivity contribution in [3.8, 4) is 0 Å². The van der Waals surface area contributed by atoms with Crippen LogP contribution >= 0.6 is 11.8 Å². The summed E-state index contributed by atoms with van der Waals surface area (Å²) in [7, 11) is 0. The van der Waals surface area contributed by atoms with E-state index < -0.39 is 0 Å². The third-order valence-corrected chi connectivity index (χ3v) is 3.83. The van der Waals surface area contributed by atoms with Gasteiger partial charge in [-0.1, -0.05) is 0 Å². The van der Waals surface area contributed by atoms with E-state index >= 15 is 0 Å². The third-order valence-electron chi connectivity index (χ3n) is 3.26. The maximum absolute atomic E-state index is 11.9. The number of aromatic nitrogens is 2. The minimum absolute atomic E-state index is 0.195. The van der Waals surface area contributed by atoms with Gasteiger partial charge in [-0.25, -0.2) is 0 Å². The van der Waals surface area contributed by atoms with Gasteiger partial charge in [-0.15, -0.1) is 0 Å². The van der Waals surface area contributed by atoms with Gasteiger partial charge < -0.3 is 9.73 Å². The highest BCUT2D eigenvalue weighted by Crippen LogP contribution is 2.38. The summed E-state index contributed by atoms with van der Waals surface area (Å²) in [5, 5.41) is 10.0. The van der Waals surface area contributed by atoms with Gasteiger partial charge in [-0.05, 0) is 37.3 Å². The first kappa shape index (κ1) is 13.3. The standard InChI is InChI=1S/C14H17N3O2S/c1-20-8-11-4-5-13(19-11)14(18)15-7-10-6-12(17-16-10)9-2-3-9/h4-6,9H,2-3,7-8H2,1H3,(H,15,18)(H,16,17). The summed E-state index contributed by atoms with van der Waals surface area (Å²) in [4.78, 5) is 11.9.